The third-order valence-corrected chi connectivity index (χ3v) is 10.6. The SMILES string of the molecule is CNC(=O)OC1CCC(C(=O)N(CC2CCC(c3ccc(OC)c(C#N)n3)CC2)c2cc(-c3cnc(C4CC4)s3)ccn2)CC1. The summed E-state index contributed by atoms with van der Waals surface area (Å²) in [7, 11) is 3.10. The summed E-state index contributed by atoms with van der Waals surface area (Å²) >= 11 is 1.74. The fraction of sp³-hybridized carbons (Fsp3) is 0.529. The van der Waals surface area contributed by atoms with Crippen LogP contribution in [0.25, 0.3) is 10.4 Å². The van der Waals surface area contributed by atoms with Crippen LogP contribution in [0, 0.1) is 23.2 Å². The molecule has 10 nitrogen and oxygen atoms in total. The molecule has 0 bridgehead atoms. The van der Waals surface area contributed by atoms with Gasteiger partial charge >= 0.3 is 6.09 Å². The molecule has 3 aromatic heterocycles. The first kappa shape index (κ1) is 31.0. The lowest BCUT2D eigenvalue weighted by Gasteiger charge is -2.35. The summed E-state index contributed by atoms with van der Waals surface area (Å²) in [6, 6.07) is 9.98. The molecule has 0 atom stereocenters. The van der Waals surface area contributed by atoms with Crippen molar-refractivity contribution in [2.24, 2.45) is 11.8 Å². The lowest BCUT2D eigenvalue weighted by Crippen LogP contribution is -2.42. The molecule has 0 unspecified atom stereocenters. The van der Waals surface area contributed by atoms with Gasteiger partial charge in [-0.25, -0.2) is 19.7 Å². The number of aromatic nitrogens is 3. The number of pyridine rings is 2. The highest BCUT2D eigenvalue weighted by molar-refractivity contribution is 7.15. The number of nitrogens with zero attached hydrogens (tertiary/aromatic N) is 5. The van der Waals surface area contributed by atoms with Crippen LogP contribution in [0.1, 0.15) is 92.4 Å². The second-order valence-electron chi connectivity index (χ2n) is 12.4. The Labute approximate surface area is 268 Å². The average molecular weight is 629 g/mol. The van der Waals surface area contributed by atoms with E-state index in [0.29, 0.717) is 61.3 Å². The number of ether oxygens (including phenoxy) is 2. The summed E-state index contributed by atoms with van der Waals surface area (Å²) in [6.07, 6.45) is 12.1. The van der Waals surface area contributed by atoms with Crippen LogP contribution >= 0.6 is 11.3 Å². The maximum Gasteiger partial charge on any atom is 0.407 e. The van der Waals surface area contributed by atoms with Crippen molar-refractivity contribution in [1.82, 2.24) is 20.3 Å². The number of carbonyl (C=O) groups is 2. The van der Waals surface area contributed by atoms with Crippen LogP contribution < -0.4 is 15.0 Å². The number of carbonyl (C=O) groups excluding carboxylic acids is 2. The number of anilines is 1. The molecular formula is C34H40N6O4S. The highest BCUT2D eigenvalue weighted by atomic mass is 32.1. The van der Waals surface area contributed by atoms with Crippen LogP contribution in [0.5, 0.6) is 5.75 Å². The number of methoxy groups -OCH3 is 1. The molecule has 3 heterocycles. The van der Waals surface area contributed by atoms with Crippen molar-refractivity contribution in [3.8, 4) is 22.3 Å². The van der Waals surface area contributed by atoms with E-state index in [-0.39, 0.29) is 23.8 Å². The van der Waals surface area contributed by atoms with Crippen LogP contribution in [0.15, 0.2) is 36.7 Å². The Balaban J connectivity index is 1.18. The van der Waals surface area contributed by atoms with Crippen molar-refractivity contribution in [2.45, 2.75) is 82.1 Å². The van der Waals surface area contributed by atoms with Gasteiger partial charge in [0.25, 0.3) is 0 Å². The minimum absolute atomic E-state index is 0.0959. The van der Waals surface area contributed by atoms with E-state index in [9.17, 15) is 14.9 Å². The van der Waals surface area contributed by atoms with Gasteiger partial charge in [0.1, 0.15) is 18.0 Å². The number of nitriles is 1. The largest absolute Gasteiger partial charge is 0.494 e. The summed E-state index contributed by atoms with van der Waals surface area (Å²) in [5, 5.41) is 13.2. The van der Waals surface area contributed by atoms with Gasteiger partial charge in [-0.3, -0.25) is 9.69 Å². The quantitative estimate of drug-likeness (QED) is 0.281. The fourth-order valence-corrected chi connectivity index (χ4v) is 7.73. The fourth-order valence-electron chi connectivity index (χ4n) is 6.65. The maximum absolute atomic E-state index is 14.2. The number of rotatable bonds is 9. The molecule has 2 amide bonds. The second-order valence-corrected chi connectivity index (χ2v) is 13.5. The maximum atomic E-state index is 14.2. The molecule has 0 aromatic carbocycles. The molecule has 3 saturated carbocycles. The average Bonchev–Trinajstić information content (AvgIpc) is 3.82. The predicted octanol–water partition coefficient (Wildman–Crippen LogP) is 6.58. The van der Waals surface area contributed by atoms with E-state index >= 15 is 0 Å². The standard InChI is InChI=1S/C34H40N6O4S/c1-36-34(42)44-26-11-9-24(10-12-26)33(41)40(31-17-25(15-16-37-31)30-19-38-32(45-30)23-7-8-23)20-21-3-5-22(6-4-21)27-13-14-29(43-2)28(18-35)39-27/h13-17,19,21-24,26H,3-12,20H2,1-2H3,(H,36,42). The summed E-state index contributed by atoms with van der Waals surface area (Å²) in [5.74, 6) is 2.32. The van der Waals surface area contributed by atoms with E-state index in [0.717, 1.165) is 41.8 Å². The second kappa shape index (κ2) is 13.9. The van der Waals surface area contributed by atoms with E-state index in [2.05, 4.69) is 21.4 Å². The highest BCUT2D eigenvalue weighted by Crippen LogP contribution is 2.44. The van der Waals surface area contributed by atoms with Crippen molar-refractivity contribution in [2.75, 3.05) is 25.6 Å². The van der Waals surface area contributed by atoms with Crippen molar-refractivity contribution >= 4 is 29.2 Å². The van der Waals surface area contributed by atoms with Gasteiger partial charge in [-0.1, -0.05) is 0 Å². The zero-order valence-corrected chi connectivity index (χ0v) is 26.7. The molecule has 0 spiro atoms. The molecular weight excluding hydrogens is 588 g/mol. The van der Waals surface area contributed by atoms with Crippen molar-refractivity contribution in [3.05, 3.63) is 53.1 Å². The lowest BCUT2D eigenvalue weighted by molar-refractivity contribution is -0.124. The van der Waals surface area contributed by atoms with Crippen molar-refractivity contribution in [1.29, 1.82) is 5.26 Å². The first-order chi connectivity index (χ1) is 21.9. The summed E-state index contributed by atoms with van der Waals surface area (Å²) in [4.78, 5) is 43.0. The predicted molar refractivity (Wildman–Crippen MR) is 171 cm³/mol. The van der Waals surface area contributed by atoms with Gasteiger partial charge in [-0.2, -0.15) is 5.26 Å². The summed E-state index contributed by atoms with van der Waals surface area (Å²) in [5.41, 5.74) is 2.28. The minimum atomic E-state index is -0.426. The Bertz CT molecular complexity index is 1550. The normalized spacial score (nSPS) is 23.0. The van der Waals surface area contributed by atoms with E-state index < -0.39 is 6.09 Å². The highest BCUT2D eigenvalue weighted by Gasteiger charge is 2.34. The summed E-state index contributed by atoms with van der Waals surface area (Å²) < 4.78 is 10.8. The molecule has 3 aliphatic carbocycles. The molecule has 45 heavy (non-hydrogen) atoms. The third kappa shape index (κ3) is 7.28. The Hall–Kier alpha value is -4.04. The van der Waals surface area contributed by atoms with Gasteiger partial charge < -0.3 is 14.8 Å². The van der Waals surface area contributed by atoms with Gasteiger partial charge in [-0.05, 0) is 100.0 Å². The first-order valence-electron chi connectivity index (χ1n) is 16.0. The summed E-state index contributed by atoms with van der Waals surface area (Å²) in [6.45, 7) is 0.603. The number of nitrogens with one attached hydrogen (secondary N) is 1. The van der Waals surface area contributed by atoms with Crippen LogP contribution in [-0.2, 0) is 9.53 Å². The zero-order valence-electron chi connectivity index (χ0n) is 25.9. The molecule has 0 saturated heterocycles. The third-order valence-electron chi connectivity index (χ3n) is 9.44. The first-order valence-corrected chi connectivity index (χ1v) is 16.8. The Morgan fingerprint density at radius 3 is 2.47 bits per heavy atom. The molecule has 236 valence electrons. The molecule has 3 aromatic rings. The Kier molecular flexibility index (Phi) is 9.59. The van der Waals surface area contributed by atoms with E-state index in [1.807, 2.05) is 35.4 Å². The number of thiazole rings is 1. The van der Waals surface area contributed by atoms with Crippen LogP contribution in [0.3, 0.4) is 0 Å². The number of alkyl carbamates (subject to hydrolysis) is 1. The molecule has 6 rings (SSSR count). The Morgan fingerprint density at radius 1 is 1.02 bits per heavy atom. The van der Waals surface area contributed by atoms with Gasteiger partial charge in [0.15, 0.2) is 11.4 Å². The van der Waals surface area contributed by atoms with E-state index in [1.165, 1.54) is 17.8 Å². The monoisotopic (exact) mass is 628 g/mol. The molecule has 11 heteroatoms. The van der Waals surface area contributed by atoms with Gasteiger partial charge in [-0.15, -0.1) is 11.3 Å². The van der Waals surface area contributed by atoms with Crippen LogP contribution in [0.2, 0.25) is 0 Å². The number of amides is 2. The van der Waals surface area contributed by atoms with Crippen molar-refractivity contribution < 1.29 is 19.1 Å². The lowest BCUT2D eigenvalue weighted by atomic mass is 9.79. The smallest absolute Gasteiger partial charge is 0.407 e. The molecule has 3 aliphatic rings. The minimum Gasteiger partial charge on any atom is -0.494 e. The molecule has 0 aliphatic heterocycles. The Morgan fingerprint density at radius 2 is 1.78 bits per heavy atom. The number of hydrogen-bond donors (Lipinski definition) is 1. The van der Waals surface area contributed by atoms with Crippen LogP contribution in [0.4, 0.5) is 10.6 Å². The zero-order chi connectivity index (χ0) is 31.3. The number of hydrogen-bond acceptors (Lipinski definition) is 9. The van der Waals surface area contributed by atoms with Crippen LogP contribution in [-0.4, -0.2) is 53.8 Å². The topological polar surface area (TPSA) is 130 Å². The van der Waals surface area contributed by atoms with Gasteiger partial charge in [0.2, 0.25) is 5.91 Å². The van der Waals surface area contributed by atoms with Gasteiger partial charge in [0.05, 0.1) is 17.0 Å². The molecule has 0 radical (unpaired) electrons. The van der Waals surface area contributed by atoms with Crippen molar-refractivity contribution in [3.63, 3.8) is 0 Å². The van der Waals surface area contributed by atoms with E-state index in [1.54, 1.807) is 31.7 Å². The molecule has 3 fully saturated rings. The van der Waals surface area contributed by atoms with E-state index in [4.69, 9.17) is 14.5 Å². The molecule has 1 N–H and O–H groups in total. The van der Waals surface area contributed by atoms with Gasteiger partial charge in [0, 0.05) is 49.4 Å².